The molecule has 0 saturated heterocycles. The normalized spacial score (nSPS) is 10.1. The van der Waals surface area contributed by atoms with Crippen LogP contribution in [-0.4, -0.2) is 9.97 Å². The van der Waals surface area contributed by atoms with Crippen LogP contribution < -0.4 is 5.32 Å². The number of fused-ring (bicyclic) bond motifs is 1. The number of rotatable bonds is 2. The molecule has 0 spiro atoms. The van der Waals surface area contributed by atoms with E-state index in [1.807, 2.05) is 30.3 Å². The molecule has 0 radical (unpaired) electrons. The van der Waals surface area contributed by atoms with Gasteiger partial charge in [-0.1, -0.05) is 18.2 Å². The molecule has 3 rings (SSSR count). The number of hydrogen-bond acceptors (Lipinski definition) is 4. The molecule has 4 heteroatoms. The van der Waals surface area contributed by atoms with E-state index in [0.29, 0.717) is 11.3 Å². The first-order valence-corrected chi connectivity index (χ1v) is 5.83. The van der Waals surface area contributed by atoms with E-state index >= 15 is 0 Å². The topological polar surface area (TPSA) is 61.6 Å². The Morgan fingerprint density at radius 3 is 2.79 bits per heavy atom. The van der Waals surface area contributed by atoms with Gasteiger partial charge in [-0.05, 0) is 18.2 Å². The van der Waals surface area contributed by atoms with Crippen molar-refractivity contribution in [2.45, 2.75) is 0 Å². The number of pyridine rings is 2. The summed E-state index contributed by atoms with van der Waals surface area (Å²) in [6, 6.07) is 13.6. The lowest BCUT2D eigenvalue weighted by atomic mass is 10.1. The summed E-state index contributed by atoms with van der Waals surface area (Å²) in [4.78, 5) is 8.40. The van der Waals surface area contributed by atoms with Crippen LogP contribution in [0.3, 0.4) is 0 Å². The molecule has 0 aliphatic heterocycles. The molecule has 2 aromatic heterocycles. The molecule has 0 atom stereocenters. The minimum atomic E-state index is 0.558. The maximum Gasteiger partial charge on any atom is 0.101 e. The Morgan fingerprint density at radius 2 is 1.89 bits per heavy atom. The van der Waals surface area contributed by atoms with E-state index in [1.165, 1.54) is 0 Å². The third-order valence-corrected chi connectivity index (χ3v) is 2.84. The van der Waals surface area contributed by atoms with Gasteiger partial charge in [0, 0.05) is 17.8 Å². The van der Waals surface area contributed by atoms with Gasteiger partial charge in [-0.2, -0.15) is 5.26 Å². The fraction of sp³-hybridized carbons (Fsp3) is 0. The summed E-state index contributed by atoms with van der Waals surface area (Å²) in [5.74, 6) is 0. The molecule has 3 aromatic rings. The Labute approximate surface area is 110 Å². The Morgan fingerprint density at radius 1 is 1.00 bits per heavy atom. The number of aromatic nitrogens is 2. The second-order valence-electron chi connectivity index (χ2n) is 4.04. The fourth-order valence-corrected chi connectivity index (χ4v) is 1.94. The zero-order chi connectivity index (χ0) is 13.1. The van der Waals surface area contributed by atoms with Crippen LogP contribution in [0.4, 0.5) is 11.4 Å². The molecule has 19 heavy (non-hydrogen) atoms. The first kappa shape index (κ1) is 11.2. The number of benzene rings is 1. The van der Waals surface area contributed by atoms with Crippen LogP contribution in [-0.2, 0) is 0 Å². The molecule has 1 aromatic carbocycles. The van der Waals surface area contributed by atoms with Gasteiger partial charge in [0.15, 0.2) is 0 Å². The molecule has 0 bridgehead atoms. The molecule has 0 aliphatic rings. The summed E-state index contributed by atoms with van der Waals surface area (Å²) in [6.07, 6.45) is 4.99. The summed E-state index contributed by atoms with van der Waals surface area (Å²) < 4.78 is 0. The van der Waals surface area contributed by atoms with Crippen LogP contribution in [0.25, 0.3) is 10.9 Å². The largest absolute Gasteiger partial charge is 0.351 e. The van der Waals surface area contributed by atoms with Crippen LogP contribution in [0, 0.1) is 11.3 Å². The van der Waals surface area contributed by atoms with Crippen molar-refractivity contribution >= 4 is 22.3 Å². The standard InChI is InChI=1S/C15H10N4/c16-9-12-6-8-17-10-14(12)19-13-5-1-3-11-4-2-7-18-15(11)13/h1-8,10,19H. The first-order valence-electron chi connectivity index (χ1n) is 5.83. The fourth-order valence-electron chi connectivity index (χ4n) is 1.94. The smallest absolute Gasteiger partial charge is 0.101 e. The Hall–Kier alpha value is -2.93. The quantitative estimate of drug-likeness (QED) is 0.754. The molecule has 0 aliphatic carbocycles. The number of para-hydroxylation sites is 1. The lowest BCUT2D eigenvalue weighted by molar-refractivity contribution is 1.30. The maximum absolute atomic E-state index is 9.08. The van der Waals surface area contributed by atoms with Crippen molar-refractivity contribution in [1.29, 1.82) is 5.26 Å². The van der Waals surface area contributed by atoms with E-state index < -0.39 is 0 Å². The molecule has 0 saturated carbocycles. The summed E-state index contributed by atoms with van der Waals surface area (Å²) in [6.45, 7) is 0. The molecule has 1 N–H and O–H groups in total. The summed E-state index contributed by atoms with van der Waals surface area (Å²) in [5.41, 5.74) is 2.98. The van der Waals surface area contributed by atoms with E-state index in [4.69, 9.17) is 5.26 Å². The zero-order valence-corrected chi connectivity index (χ0v) is 10.0. The highest BCUT2D eigenvalue weighted by atomic mass is 14.9. The first-order chi connectivity index (χ1) is 9.38. The Balaban J connectivity index is 2.09. The third kappa shape index (κ3) is 2.09. The van der Waals surface area contributed by atoms with Gasteiger partial charge in [0.05, 0.1) is 28.7 Å². The molecule has 0 amide bonds. The molecule has 2 heterocycles. The van der Waals surface area contributed by atoms with Crippen molar-refractivity contribution in [1.82, 2.24) is 9.97 Å². The van der Waals surface area contributed by atoms with Gasteiger partial charge < -0.3 is 5.32 Å². The van der Waals surface area contributed by atoms with Crippen molar-refractivity contribution in [3.63, 3.8) is 0 Å². The van der Waals surface area contributed by atoms with Crippen molar-refractivity contribution < 1.29 is 0 Å². The van der Waals surface area contributed by atoms with Crippen molar-refractivity contribution in [3.8, 4) is 6.07 Å². The van der Waals surface area contributed by atoms with Crippen LogP contribution in [0.2, 0.25) is 0 Å². The number of nitrogens with zero attached hydrogens (tertiary/aromatic N) is 3. The van der Waals surface area contributed by atoms with Gasteiger partial charge in [0.25, 0.3) is 0 Å². The molecular formula is C15H10N4. The zero-order valence-electron chi connectivity index (χ0n) is 10.0. The predicted molar refractivity (Wildman–Crippen MR) is 74.0 cm³/mol. The van der Waals surface area contributed by atoms with E-state index in [1.54, 1.807) is 24.7 Å². The van der Waals surface area contributed by atoms with Gasteiger partial charge in [-0.25, -0.2) is 0 Å². The minimum Gasteiger partial charge on any atom is -0.351 e. The SMILES string of the molecule is N#Cc1ccncc1Nc1cccc2cccnc12. The lowest BCUT2D eigenvalue weighted by Crippen LogP contribution is -1.96. The van der Waals surface area contributed by atoms with E-state index in [9.17, 15) is 0 Å². The Kier molecular flexibility index (Phi) is 2.79. The average molecular weight is 246 g/mol. The summed E-state index contributed by atoms with van der Waals surface area (Å²) in [5, 5.41) is 13.3. The molecule has 4 nitrogen and oxygen atoms in total. The van der Waals surface area contributed by atoms with Gasteiger partial charge in [-0.3, -0.25) is 9.97 Å². The van der Waals surface area contributed by atoms with Gasteiger partial charge in [0.2, 0.25) is 0 Å². The van der Waals surface area contributed by atoms with Crippen LogP contribution in [0.1, 0.15) is 5.56 Å². The van der Waals surface area contributed by atoms with Crippen molar-refractivity contribution in [2.24, 2.45) is 0 Å². The number of nitriles is 1. The Bertz CT molecular complexity index is 769. The van der Waals surface area contributed by atoms with Crippen molar-refractivity contribution in [2.75, 3.05) is 5.32 Å². The summed E-state index contributed by atoms with van der Waals surface area (Å²) in [7, 11) is 0. The summed E-state index contributed by atoms with van der Waals surface area (Å²) >= 11 is 0. The van der Waals surface area contributed by atoms with Crippen LogP contribution >= 0.6 is 0 Å². The highest BCUT2D eigenvalue weighted by Gasteiger charge is 2.05. The van der Waals surface area contributed by atoms with Gasteiger partial charge in [-0.15, -0.1) is 0 Å². The third-order valence-electron chi connectivity index (χ3n) is 2.84. The van der Waals surface area contributed by atoms with Crippen molar-refractivity contribution in [3.05, 3.63) is 60.6 Å². The van der Waals surface area contributed by atoms with E-state index in [0.717, 1.165) is 16.6 Å². The second-order valence-corrected chi connectivity index (χ2v) is 4.04. The van der Waals surface area contributed by atoms with E-state index in [-0.39, 0.29) is 0 Å². The number of hydrogen-bond donors (Lipinski definition) is 1. The second kappa shape index (κ2) is 4.75. The lowest BCUT2D eigenvalue weighted by Gasteiger charge is -2.09. The predicted octanol–water partition coefficient (Wildman–Crippen LogP) is 3.25. The average Bonchev–Trinajstić information content (AvgIpc) is 2.48. The molecule has 0 fully saturated rings. The monoisotopic (exact) mass is 246 g/mol. The van der Waals surface area contributed by atoms with E-state index in [2.05, 4.69) is 21.4 Å². The molecular weight excluding hydrogens is 236 g/mol. The van der Waals surface area contributed by atoms with Crippen LogP contribution in [0.5, 0.6) is 0 Å². The molecule has 90 valence electrons. The highest BCUT2D eigenvalue weighted by Crippen LogP contribution is 2.25. The minimum absolute atomic E-state index is 0.558. The number of nitrogens with one attached hydrogen (secondary N) is 1. The maximum atomic E-state index is 9.08. The van der Waals surface area contributed by atoms with Gasteiger partial charge >= 0.3 is 0 Å². The van der Waals surface area contributed by atoms with Crippen LogP contribution in [0.15, 0.2) is 55.0 Å². The van der Waals surface area contributed by atoms with Gasteiger partial charge in [0.1, 0.15) is 6.07 Å². The molecule has 0 unspecified atom stereocenters. The highest BCUT2D eigenvalue weighted by molar-refractivity contribution is 5.92. The number of anilines is 2.